The van der Waals surface area contributed by atoms with Crippen LogP contribution in [0, 0.1) is 0 Å². The van der Waals surface area contributed by atoms with Crippen molar-refractivity contribution >= 4 is 29.8 Å². The van der Waals surface area contributed by atoms with Crippen molar-refractivity contribution in [3.05, 3.63) is 94.8 Å². The van der Waals surface area contributed by atoms with Crippen LogP contribution in [0.25, 0.3) is 6.08 Å². The van der Waals surface area contributed by atoms with Crippen molar-refractivity contribution in [2.75, 3.05) is 13.7 Å². The van der Waals surface area contributed by atoms with Gasteiger partial charge >= 0.3 is 11.9 Å². The highest BCUT2D eigenvalue weighted by atomic mass is 32.2. The van der Waals surface area contributed by atoms with Crippen LogP contribution < -0.4 is 9.47 Å². The molecule has 212 valence electrons. The van der Waals surface area contributed by atoms with Crippen LogP contribution in [-0.4, -0.2) is 40.9 Å². The largest absolute Gasteiger partial charge is 0.497 e. The number of ether oxygens (including phenoxy) is 2. The molecule has 3 aromatic rings. The number of aliphatic carboxylic acids is 1. The molecule has 0 atom stereocenters. The number of aryl methyl sites for hydroxylation is 1. The highest BCUT2D eigenvalue weighted by Crippen LogP contribution is 2.24. The Morgan fingerprint density at radius 1 is 0.875 bits per heavy atom. The first-order valence-corrected chi connectivity index (χ1v) is 14.7. The minimum absolute atomic E-state index is 0.297. The van der Waals surface area contributed by atoms with E-state index < -0.39 is 11.9 Å². The van der Waals surface area contributed by atoms with Crippen molar-refractivity contribution in [2.45, 2.75) is 56.5 Å². The number of carboxylic acids is 2. The van der Waals surface area contributed by atoms with Crippen LogP contribution in [0.15, 0.2) is 66.7 Å². The summed E-state index contributed by atoms with van der Waals surface area (Å²) >= 11 is 1.55. The molecule has 0 aliphatic heterocycles. The maximum absolute atomic E-state index is 11.4. The molecule has 8 heteroatoms. The van der Waals surface area contributed by atoms with Gasteiger partial charge in [0.2, 0.25) is 0 Å². The predicted molar refractivity (Wildman–Crippen MR) is 159 cm³/mol. The van der Waals surface area contributed by atoms with Crippen molar-refractivity contribution in [3.8, 4) is 11.5 Å². The summed E-state index contributed by atoms with van der Waals surface area (Å²) in [6.45, 7) is 0.543. The van der Waals surface area contributed by atoms with E-state index in [1.807, 2.05) is 36.4 Å². The number of thioether (sulfide) groups is 1. The van der Waals surface area contributed by atoms with Gasteiger partial charge in [0.15, 0.2) is 0 Å². The number of methoxy groups -OCH3 is 1. The monoisotopic (exact) mass is 563 g/mol. The molecule has 0 fully saturated rings. The van der Waals surface area contributed by atoms with E-state index in [9.17, 15) is 14.7 Å². The van der Waals surface area contributed by atoms with Crippen molar-refractivity contribution in [1.82, 2.24) is 4.98 Å². The summed E-state index contributed by atoms with van der Waals surface area (Å²) in [6, 6.07) is 18.9. The van der Waals surface area contributed by atoms with Gasteiger partial charge in [-0.15, -0.1) is 0 Å². The number of hydrogen-bond donors (Lipinski definition) is 2. The molecule has 2 aromatic carbocycles. The lowest BCUT2D eigenvalue weighted by Gasteiger charge is -2.11. The van der Waals surface area contributed by atoms with Gasteiger partial charge in [0, 0.05) is 17.6 Å². The Hall–Kier alpha value is -3.78. The molecule has 1 aromatic heterocycles. The van der Waals surface area contributed by atoms with Crippen LogP contribution in [0.4, 0.5) is 0 Å². The summed E-state index contributed by atoms with van der Waals surface area (Å²) in [6.07, 6.45) is 10.3. The second-order valence-corrected chi connectivity index (χ2v) is 10.4. The number of aromatic nitrogens is 1. The van der Waals surface area contributed by atoms with Crippen molar-refractivity contribution in [1.29, 1.82) is 0 Å². The molecule has 3 rings (SSSR count). The number of unbranched alkanes of at least 4 members (excludes halogenated alkanes) is 5. The number of pyridine rings is 1. The molecule has 0 unspecified atom stereocenters. The summed E-state index contributed by atoms with van der Waals surface area (Å²) < 4.78 is 11.2. The Kier molecular flexibility index (Phi) is 13.1. The maximum Gasteiger partial charge on any atom is 0.335 e. The van der Waals surface area contributed by atoms with Gasteiger partial charge in [0.25, 0.3) is 0 Å². The Morgan fingerprint density at radius 3 is 2.33 bits per heavy atom. The molecule has 0 aliphatic carbocycles. The van der Waals surface area contributed by atoms with E-state index in [0.717, 1.165) is 48.8 Å². The van der Waals surface area contributed by atoms with Gasteiger partial charge < -0.3 is 19.7 Å². The molecule has 0 bridgehead atoms. The molecule has 0 amide bonds. The molecule has 0 radical (unpaired) electrons. The smallest absolute Gasteiger partial charge is 0.335 e. The molecule has 0 saturated heterocycles. The average Bonchev–Trinajstić information content (AvgIpc) is 2.96. The zero-order valence-corrected chi connectivity index (χ0v) is 23.7. The van der Waals surface area contributed by atoms with E-state index in [4.69, 9.17) is 14.6 Å². The number of carboxylic acid groups (broad SMARTS) is 2. The number of hydrogen-bond acceptors (Lipinski definition) is 6. The Labute approximate surface area is 240 Å². The molecule has 2 N–H and O–H groups in total. The molecule has 1 heterocycles. The van der Waals surface area contributed by atoms with Gasteiger partial charge in [0.05, 0.1) is 25.0 Å². The van der Waals surface area contributed by atoms with Gasteiger partial charge in [-0.3, -0.25) is 0 Å². The first kappa shape index (κ1) is 30.8. The lowest BCUT2D eigenvalue weighted by Crippen LogP contribution is -2.02. The zero-order valence-electron chi connectivity index (χ0n) is 22.9. The fourth-order valence-electron chi connectivity index (χ4n) is 4.21. The molecule has 0 aliphatic rings. The van der Waals surface area contributed by atoms with Gasteiger partial charge in [-0.1, -0.05) is 56.0 Å². The van der Waals surface area contributed by atoms with Crippen LogP contribution in [0.3, 0.4) is 0 Å². The first-order valence-electron chi connectivity index (χ1n) is 13.5. The molecular formula is C32H37NO6S. The van der Waals surface area contributed by atoms with Crippen LogP contribution in [0.5, 0.6) is 11.5 Å². The van der Waals surface area contributed by atoms with Gasteiger partial charge in [-0.25, -0.2) is 14.6 Å². The lowest BCUT2D eigenvalue weighted by molar-refractivity contribution is -0.131. The number of nitrogens with zero attached hydrogens (tertiary/aromatic N) is 1. The van der Waals surface area contributed by atoms with E-state index in [1.165, 1.54) is 30.9 Å². The number of aromatic carboxylic acids is 1. The number of rotatable bonds is 18. The van der Waals surface area contributed by atoms with Crippen LogP contribution >= 0.6 is 11.8 Å². The van der Waals surface area contributed by atoms with Gasteiger partial charge in [-0.2, -0.15) is 11.8 Å². The third-order valence-corrected chi connectivity index (χ3v) is 7.37. The number of carbonyl (C=O) groups is 2. The van der Waals surface area contributed by atoms with Gasteiger partial charge in [-0.05, 0) is 66.8 Å². The minimum Gasteiger partial charge on any atom is -0.497 e. The average molecular weight is 564 g/mol. The van der Waals surface area contributed by atoms with Crippen LogP contribution in [0.1, 0.15) is 71.4 Å². The van der Waals surface area contributed by atoms with E-state index in [0.29, 0.717) is 35.1 Å². The third kappa shape index (κ3) is 10.8. The number of benzene rings is 2. The fraction of sp³-hybridized carbons (Fsp3) is 0.344. The summed E-state index contributed by atoms with van der Waals surface area (Å²) in [5.41, 5.74) is 3.63. The Balaban J connectivity index is 1.40. The zero-order chi connectivity index (χ0) is 28.6. The predicted octanol–water partition coefficient (Wildman–Crippen LogP) is 7.28. The Morgan fingerprint density at radius 2 is 1.60 bits per heavy atom. The first-order chi connectivity index (χ1) is 19.5. The van der Waals surface area contributed by atoms with Gasteiger partial charge in [0.1, 0.15) is 17.2 Å². The van der Waals surface area contributed by atoms with Crippen LogP contribution in [-0.2, 0) is 22.7 Å². The second-order valence-electron chi connectivity index (χ2n) is 9.38. The Bertz CT molecular complexity index is 1260. The lowest BCUT2D eigenvalue weighted by atomic mass is 10.0. The quantitative estimate of drug-likeness (QED) is 0.123. The topological polar surface area (TPSA) is 106 Å². The molecular weight excluding hydrogens is 526 g/mol. The molecule has 0 saturated carbocycles. The van der Waals surface area contributed by atoms with Crippen molar-refractivity contribution < 1.29 is 29.3 Å². The minimum atomic E-state index is -1.05. The fourth-order valence-corrected chi connectivity index (χ4v) is 5.15. The van der Waals surface area contributed by atoms with E-state index in [2.05, 4.69) is 17.1 Å². The molecule has 0 spiro atoms. The summed E-state index contributed by atoms with van der Waals surface area (Å²) in [7, 11) is 1.68. The maximum atomic E-state index is 11.4. The van der Waals surface area contributed by atoms with E-state index in [1.54, 1.807) is 31.0 Å². The summed E-state index contributed by atoms with van der Waals surface area (Å²) in [5, 5.41) is 18.4. The summed E-state index contributed by atoms with van der Waals surface area (Å²) in [4.78, 5) is 27.1. The third-order valence-electron chi connectivity index (χ3n) is 6.36. The molecule has 7 nitrogen and oxygen atoms in total. The van der Waals surface area contributed by atoms with E-state index >= 15 is 0 Å². The molecule has 40 heavy (non-hydrogen) atoms. The summed E-state index contributed by atoms with van der Waals surface area (Å²) in [5.74, 6) is 0.539. The SMILES string of the molecule is COc1ccc(CCCCCCCCOc2ccc(CSCc3ccccc3C(=O)O)nc2/C=C/C(=O)O)cc1. The van der Waals surface area contributed by atoms with Crippen molar-refractivity contribution in [3.63, 3.8) is 0 Å². The normalized spacial score (nSPS) is 11.0. The van der Waals surface area contributed by atoms with E-state index in [-0.39, 0.29) is 0 Å². The van der Waals surface area contributed by atoms with Crippen molar-refractivity contribution in [2.24, 2.45) is 0 Å². The van der Waals surface area contributed by atoms with Crippen LogP contribution in [0.2, 0.25) is 0 Å². The second kappa shape index (κ2) is 17.0. The standard InChI is InChI=1S/C32H37NO6S/c1-38-27-16-13-24(14-17-27)10-6-4-2-3-5-9-21-39-30-19-15-26(33-29(30)18-20-31(34)35)23-40-22-25-11-7-8-12-28(25)32(36)37/h7-8,11-20H,2-6,9-10,21-23H2,1H3,(H,34,35)(H,36,37)/b20-18+. The highest BCUT2D eigenvalue weighted by molar-refractivity contribution is 7.97. The highest BCUT2D eigenvalue weighted by Gasteiger charge is 2.10.